The predicted molar refractivity (Wildman–Crippen MR) is 91.1 cm³/mol. The van der Waals surface area contributed by atoms with E-state index in [0.29, 0.717) is 39.8 Å². The first kappa shape index (κ1) is 16.8. The molecule has 0 aromatic heterocycles. The Labute approximate surface area is 142 Å². The van der Waals surface area contributed by atoms with E-state index < -0.39 is 0 Å². The van der Waals surface area contributed by atoms with E-state index in [9.17, 15) is 4.91 Å². The van der Waals surface area contributed by atoms with E-state index >= 15 is 0 Å². The number of rotatable bonds is 6. The van der Waals surface area contributed by atoms with Gasteiger partial charge >= 0.3 is 5.69 Å². The van der Waals surface area contributed by atoms with Crippen LogP contribution in [0.15, 0.2) is 18.7 Å². The van der Waals surface area contributed by atoms with Crippen LogP contribution < -0.4 is 9.57 Å². The van der Waals surface area contributed by atoms with Gasteiger partial charge in [-0.2, -0.15) is 0 Å². The van der Waals surface area contributed by atoms with E-state index in [4.69, 9.17) is 14.4 Å². The van der Waals surface area contributed by atoms with Crippen molar-refractivity contribution in [3.05, 3.63) is 29.2 Å². The fourth-order valence-corrected chi connectivity index (χ4v) is 3.57. The second-order valence-electron chi connectivity index (χ2n) is 6.52. The quantitative estimate of drug-likeness (QED) is 0.736. The highest BCUT2D eigenvalue weighted by atomic mass is 16.8. The van der Waals surface area contributed by atoms with Gasteiger partial charge < -0.3 is 9.57 Å². The lowest BCUT2D eigenvalue weighted by Gasteiger charge is -2.45. The summed E-state index contributed by atoms with van der Waals surface area (Å²) < 4.78 is 5.47. The number of benzene rings is 1. The van der Waals surface area contributed by atoms with Crippen LogP contribution in [0.25, 0.3) is 5.57 Å². The average Bonchev–Trinajstić information content (AvgIpc) is 2.94. The average molecular weight is 333 g/mol. The normalized spacial score (nSPS) is 23.0. The van der Waals surface area contributed by atoms with Gasteiger partial charge in [0.2, 0.25) is 0 Å². The molecule has 2 saturated heterocycles. The molecule has 2 fully saturated rings. The molecule has 6 nitrogen and oxygen atoms in total. The molecule has 1 aromatic carbocycles. The molecule has 0 amide bonds. The third-order valence-corrected chi connectivity index (χ3v) is 4.90. The van der Waals surface area contributed by atoms with Gasteiger partial charge in [0, 0.05) is 12.1 Å². The SMILES string of the molecule is C=C(C)c1cc(OC)c(ON2C3CCCCC2C3)cc1[N+](=O)OC. The third-order valence-electron chi connectivity index (χ3n) is 4.90. The first-order chi connectivity index (χ1) is 11.5. The minimum atomic E-state index is 0.365. The van der Waals surface area contributed by atoms with Crippen molar-refractivity contribution in [1.29, 1.82) is 0 Å². The number of allylic oxidation sites excluding steroid dienone is 1. The predicted octanol–water partition coefficient (Wildman–Crippen LogP) is 4.01. The standard InChI is InChI=1S/C18H25N2O4/c1-12(2)15-10-17(22-3)18(11-16(15)20(21)23-4)24-19-13-7-5-6-8-14(19)9-13/h10-11,13-14H,1,5-9H2,2-4H3/q+1. The second kappa shape index (κ2) is 6.81. The summed E-state index contributed by atoms with van der Waals surface area (Å²) >= 11 is 0. The zero-order valence-corrected chi connectivity index (χ0v) is 14.6. The first-order valence-electron chi connectivity index (χ1n) is 8.40. The highest BCUT2D eigenvalue weighted by Crippen LogP contribution is 2.42. The molecule has 0 saturated carbocycles. The van der Waals surface area contributed by atoms with Gasteiger partial charge in [0.15, 0.2) is 18.6 Å². The van der Waals surface area contributed by atoms with Gasteiger partial charge in [-0.3, -0.25) is 0 Å². The van der Waals surface area contributed by atoms with Crippen LogP contribution in [-0.2, 0) is 4.84 Å². The molecule has 2 bridgehead atoms. The molecule has 2 aliphatic heterocycles. The van der Waals surface area contributed by atoms with Crippen molar-refractivity contribution in [3.63, 3.8) is 0 Å². The number of ether oxygens (including phenoxy) is 1. The Hall–Kier alpha value is -2.08. The van der Waals surface area contributed by atoms with Crippen molar-refractivity contribution in [2.24, 2.45) is 0 Å². The van der Waals surface area contributed by atoms with Gasteiger partial charge in [-0.05, 0) is 37.8 Å². The molecule has 2 aliphatic rings. The minimum Gasteiger partial charge on any atom is -0.493 e. The van der Waals surface area contributed by atoms with Crippen molar-refractivity contribution in [3.8, 4) is 11.5 Å². The number of hydrogen-bond donors (Lipinski definition) is 0. The second-order valence-corrected chi connectivity index (χ2v) is 6.52. The topological polar surface area (TPSA) is 51.0 Å². The molecule has 2 atom stereocenters. The fourth-order valence-electron chi connectivity index (χ4n) is 3.57. The van der Waals surface area contributed by atoms with E-state index in [-0.39, 0.29) is 0 Å². The summed E-state index contributed by atoms with van der Waals surface area (Å²) in [5.74, 6) is 1.12. The number of methoxy groups -OCH3 is 1. The Morgan fingerprint density at radius 1 is 1.21 bits per heavy atom. The Kier molecular flexibility index (Phi) is 4.76. The molecule has 24 heavy (non-hydrogen) atoms. The molecular weight excluding hydrogens is 308 g/mol. The van der Waals surface area contributed by atoms with Crippen LogP contribution in [-0.4, -0.2) is 36.3 Å². The Bertz CT molecular complexity index is 643. The minimum absolute atomic E-state index is 0.365. The van der Waals surface area contributed by atoms with E-state index in [1.54, 1.807) is 19.2 Å². The Balaban J connectivity index is 1.94. The van der Waals surface area contributed by atoms with E-state index in [0.717, 1.165) is 18.4 Å². The largest absolute Gasteiger partial charge is 0.493 e. The highest BCUT2D eigenvalue weighted by Gasteiger charge is 2.42. The molecule has 0 spiro atoms. The van der Waals surface area contributed by atoms with Crippen LogP contribution in [0.4, 0.5) is 5.69 Å². The van der Waals surface area contributed by atoms with Crippen LogP contribution in [0.2, 0.25) is 0 Å². The lowest BCUT2D eigenvalue weighted by atomic mass is 9.95. The third kappa shape index (κ3) is 2.98. The molecule has 130 valence electrons. The molecule has 2 unspecified atom stereocenters. The maximum Gasteiger partial charge on any atom is 0.328 e. The lowest BCUT2D eigenvalue weighted by molar-refractivity contribution is -0.736. The molecule has 0 aliphatic carbocycles. The highest BCUT2D eigenvalue weighted by molar-refractivity contribution is 5.73. The van der Waals surface area contributed by atoms with Crippen LogP contribution in [0.3, 0.4) is 0 Å². The van der Waals surface area contributed by atoms with E-state index in [1.165, 1.54) is 26.4 Å². The van der Waals surface area contributed by atoms with Gasteiger partial charge in [-0.25, -0.2) is 4.84 Å². The van der Waals surface area contributed by atoms with Crippen LogP contribution >= 0.6 is 0 Å². The Morgan fingerprint density at radius 3 is 2.42 bits per heavy atom. The number of hydrogen-bond acceptors (Lipinski definition) is 5. The summed E-state index contributed by atoms with van der Waals surface area (Å²) in [5, 5.41) is 2.07. The smallest absolute Gasteiger partial charge is 0.328 e. The van der Waals surface area contributed by atoms with Gasteiger partial charge in [-0.1, -0.05) is 19.4 Å². The zero-order chi connectivity index (χ0) is 17.3. The van der Waals surface area contributed by atoms with Crippen LogP contribution in [0, 0.1) is 4.91 Å². The molecule has 1 aromatic rings. The zero-order valence-electron chi connectivity index (χ0n) is 14.6. The first-order valence-corrected chi connectivity index (χ1v) is 8.40. The summed E-state index contributed by atoms with van der Waals surface area (Å²) in [7, 11) is 2.93. The molecule has 0 N–H and O–H groups in total. The number of fused-ring (bicyclic) bond motifs is 2. The van der Waals surface area contributed by atoms with Crippen molar-refractivity contribution in [2.75, 3.05) is 14.2 Å². The van der Waals surface area contributed by atoms with Crippen LogP contribution in [0.1, 0.15) is 44.6 Å². The van der Waals surface area contributed by atoms with E-state index in [1.807, 2.05) is 6.92 Å². The molecule has 6 heteroatoms. The Morgan fingerprint density at radius 2 is 1.88 bits per heavy atom. The van der Waals surface area contributed by atoms with Gasteiger partial charge in [0.05, 0.1) is 23.6 Å². The van der Waals surface area contributed by atoms with Gasteiger partial charge in [-0.15, -0.1) is 5.06 Å². The summed E-state index contributed by atoms with van der Waals surface area (Å²) in [6, 6.07) is 4.36. The number of hydroxylamine groups is 2. The van der Waals surface area contributed by atoms with Crippen LogP contribution in [0.5, 0.6) is 11.5 Å². The summed E-state index contributed by atoms with van der Waals surface area (Å²) in [4.78, 5) is 23.5. The summed E-state index contributed by atoms with van der Waals surface area (Å²) in [5.41, 5.74) is 1.80. The molecule has 0 radical (unpaired) electrons. The van der Waals surface area contributed by atoms with E-state index in [2.05, 4.69) is 11.6 Å². The lowest BCUT2D eigenvalue weighted by Crippen LogP contribution is -2.56. The van der Waals surface area contributed by atoms with Crippen molar-refractivity contribution >= 4 is 11.3 Å². The molecule has 2 heterocycles. The van der Waals surface area contributed by atoms with Gasteiger partial charge in [0.25, 0.3) is 4.92 Å². The van der Waals surface area contributed by atoms with Gasteiger partial charge in [0.1, 0.15) is 0 Å². The molecular formula is C18H25N2O4+. The van der Waals surface area contributed by atoms with Crippen molar-refractivity contribution < 1.29 is 19.3 Å². The maximum absolute atomic E-state index is 12.1. The summed E-state index contributed by atoms with van der Waals surface area (Å²) in [6.45, 7) is 5.77. The summed E-state index contributed by atoms with van der Waals surface area (Å²) in [6.07, 6.45) is 5.99. The van der Waals surface area contributed by atoms with Crippen molar-refractivity contribution in [1.82, 2.24) is 5.06 Å². The molecule has 3 rings (SSSR count). The number of nitrogens with zero attached hydrogens (tertiary/aromatic N) is 2. The van der Waals surface area contributed by atoms with Crippen molar-refractivity contribution in [2.45, 2.75) is 51.1 Å². The fraction of sp³-hybridized carbons (Fsp3) is 0.556. The maximum atomic E-state index is 12.1. The monoisotopic (exact) mass is 333 g/mol.